The Bertz CT molecular complexity index is 644. The molecule has 0 aromatic carbocycles. The molecule has 3 unspecified atom stereocenters. The molecule has 2 heterocycles. The molecule has 0 saturated carbocycles. The predicted octanol–water partition coefficient (Wildman–Crippen LogP) is 3.11. The van der Waals surface area contributed by atoms with Gasteiger partial charge in [-0.1, -0.05) is 32.1 Å². The zero-order valence-corrected chi connectivity index (χ0v) is 15.1. The lowest BCUT2D eigenvalue weighted by molar-refractivity contribution is -0.157. The van der Waals surface area contributed by atoms with Crippen LogP contribution >= 0.6 is 0 Å². The van der Waals surface area contributed by atoms with Gasteiger partial charge in [0.15, 0.2) is 0 Å². The fraction of sp³-hybridized carbons (Fsp3) is 0.600. The van der Waals surface area contributed by atoms with Crippen molar-refractivity contribution in [1.29, 1.82) is 0 Å². The van der Waals surface area contributed by atoms with Gasteiger partial charge in [0.25, 0.3) is 0 Å². The summed E-state index contributed by atoms with van der Waals surface area (Å²) in [7, 11) is 0. The quantitative estimate of drug-likeness (QED) is 0.580. The highest BCUT2D eigenvalue weighted by atomic mass is 16.6. The second-order valence-electron chi connectivity index (χ2n) is 7.30. The molecule has 5 heteroatoms. The molecular weight excluding hydrogens is 320 g/mol. The third kappa shape index (κ3) is 3.71. The highest BCUT2D eigenvalue weighted by molar-refractivity contribution is 5.91. The summed E-state index contributed by atoms with van der Waals surface area (Å²) in [6.45, 7) is 10.4. The summed E-state index contributed by atoms with van der Waals surface area (Å²) >= 11 is 0. The Hall–Kier alpha value is -1.88. The highest BCUT2D eigenvalue weighted by Crippen LogP contribution is 2.37. The molecular formula is C20H26O5. The Labute approximate surface area is 148 Å². The molecule has 0 spiro atoms. The second kappa shape index (κ2) is 7.16. The molecule has 1 aliphatic carbocycles. The van der Waals surface area contributed by atoms with E-state index >= 15 is 0 Å². The minimum absolute atomic E-state index is 0.145. The number of carbonyl (C=O) groups is 2. The Morgan fingerprint density at radius 2 is 2.16 bits per heavy atom. The van der Waals surface area contributed by atoms with E-state index in [2.05, 4.69) is 12.7 Å². The first-order valence-corrected chi connectivity index (χ1v) is 8.97. The van der Waals surface area contributed by atoms with Crippen molar-refractivity contribution >= 4 is 11.9 Å². The minimum atomic E-state index is -0.471. The lowest BCUT2D eigenvalue weighted by atomic mass is 9.85. The van der Waals surface area contributed by atoms with Gasteiger partial charge in [0, 0.05) is 24.3 Å². The first-order valence-electron chi connectivity index (χ1n) is 8.97. The summed E-state index contributed by atoms with van der Waals surface area (Å²) in [5, 5.41) is 0. The first-order chi connectivity index (χ1) is 11.9. The van der Waals surface area contributed by atoms with E-state index in [0.717, 1.165) is 11.1 Å². The fourth-order valence-electron chi connectivity index (χ4n) is 3.61. The molecule has 0 radical (unpaired) electrons. The molecule has 25 heavy (non-hydrogen) atoms. The molecule has 136 valence electrons. The molecule has 1 fully saturated rings. The summed E-state index contributed by atoms with van der Waals surface area (Å²) in [6.07, 6.45) is 4.73. The minimum Gasteiger partial charge on any atom is -0.461 e. The second-order valence-corrected chi connectivity index (χ2v) is 7.30. The van der Waals surface area contributed by atoms with Crippen LogP contribution in [0.4, 0.5) is 0 Å². The van der Waals surface area contributed by atoms with E-state index in [1.54, 1.807) is 0 Å². The van der Waals surface area contributed by atoms with E-state index in [1.807, 2.05) is 26.8 Å². The maximum Gasteiger partial charge on any atom is 0.334 e. The van der Waals surface area contributed by atoms with E-state index in [9.17, 15) is 9.59 Å². The largest absolute Gasteiger partial charge is 0.461 e. The zero-order valence-electron chi connectivity index (χ0n) is 15.1. The van der Waals surface area contributed by atoms with Crippen molar-refractivity contribution in [3.05, 3.63) is 35.5 Å². The van der Waals surface area contributed by atoms with E-state index in [1.165, 1.54) is 0 Å². The molecule has 3 aliphatic rings. The molecule has 3 rings (SSSR count). The van der Waals surface area contributed by atoms with Crippen molar-refractivity contribution in [2.75, 3.05) is 6.61 Å². The third-order valence-electron chi connectivity index (χ3n) is 5.27. The Morgan fingerprint density at radius 3 is 2.88 bits per heavy atom. The van der Waals surface area contributed by atoms with Crippen LogP contribution in [-0.2, 0) is 23.8 Å². The lowest BCUT2D eigenvalue weighted by Crippen LogP contribution is -2.35. The van der Waals surface area contributed by atoms with Crippen LogP contribution in [0.3, 0.4) is 0 Å². The van der Waals surface area contributed by atoms with Crippen molar-refractivity contribution in [2.45, 2.75) is 58.3 Å². The molecule has 0 aromatic rings. The van der Waals surface area contributed by atoms with Crippen LogP contribution in [0.15, 0.2) is 35.5 Å². The van der Waals surface area contributed by atoms with Gasteiger partial charge >= 0.3 is 11.9 Å². The summed E-state index contributed by atoms with van der Waals surface area (Å²) < 4.78 is 17.1. The molecule has 2 aliphatic heterocycles. The van der Waals surface area contributed by atoms with Crippen molar-refractivity contribution in [3.63, 3.8) is 0 Å². The Morgan fingerprint density at radius 1 is 1.40 bits per heavy atom. The molecule has 2 bridgehead atoms. The van der Waals surface area contributed by atoms with Crippen LogP contribution < -0.4 is 0 Å². The Kier molecular flexibility index (Phi) is 5.13. The number of hydrogen-bond donors (Lipinski definition) is 0. The standard InChI is InChI=1S/C20H26O5/c1-5-12(3)19(21)25-17-9-14-8-15(24-20(14)22)6-11(2)7-16-18(17)13(4)10-23-16/h7-8,12,15-18H,4-6,9-10H2,1-3H3/b11-7-/t12?,15-,16?,17?,18+/m1/s1. The number of carbonyl (C=O) groups excluding carboxylic acids is 2. The summed E-state index contributed by atoms with van der Waals surface area (Å²) in [5.41, 5.74) is 2.58. The summed E-state index contributed by atoms with van der Waals surface area (Å²) in [5.74, 6) is -0.884. The highest BCUT2D eigenvalue weighted by Gasteiger charge is 2.42. The SMILES string of the molecule is C=C1COC2/C=C(/C)C[C@@H]3C=C(CC(OC(=O)C(C)CC)[C@@H]12)C(=O)O3. The van der Waals surface area contributed by atoms with Crippen LogP contribution in [-0.4, -0.2) is 36.9 Å². The van der Waals surface area contributed by atoms with Gasteiger partial charge in [-0.2, -0.15) is 0 Å². The number of hydrogen-bond acceptors (Lipinski definition) is 5. The monoisotopic (exact) mass is 346 g/mol. The molecule has 0 amide bonds. The maximum absolute atomic E-state index is 12.4. The Balaban J connectivity index is 1.93. The van der Waals surface area contributed by atoms with Crippen LogP contribution in [0, 0.1) is 11.8 Å². The number of fused-ring (bicyclic) bond motifs is 2. The molecule has 0 N–H and O–H groups in total. The van der Waals surface area contributed by atoms with E-state index in [0.29, 0.717) is 31.4 Å². The lowest BCUT2D eigenvalue weighted by Gasteiger charge is -2.28. The van der Waals surface area contributed by atoms with Crippen molar-refractivity contribution in [2.24, 2.45) is 11.8 Å². The topological polar surface area (TPSA) is 61.8 Å². The number of ether oxygens (including phenoxy) is 3. The number of esters is 2. The predicted molar refractivity (Wildman–Crippen MR) is 92.7 cm³/mol. The smallest absolute Gasteiger partial charge is 0.334 e. The van der Waals surface area contributed by atoms with Crippen molar-refractivity contribution in [3.8, 4) is 0 Å². The van der Waals surface area contributed by atoms with E-state index in [4.69, 9.17) is 14.2 Å². The molecule has 5 nitrogen and oxygen atoms in total. The van der Waals surface area contributed by atoms with Crippen molar-refractivity contribution < 1.29 is 23.8 Å². The van der Waals surface area contributed by atoms with Crippen molar-refractivity contribution in [1.82, 2.24) is 0 Å². The van der Waals surface area contributed by atoms with Gasteiger partial charge in [0.2, 0.25) is 0 Å². The van der Waals surface area contributed by atoms with Gasteiger partial charge in [0.1, 0.15) is 12.2 Å². The molecule has 0 aromatic heterocycles. The molecule has 1 saturated heterocycles. The maximum atomic E-state index is 12.4. The first kappa shape index (κ1) is 17.9. The van der Waals surface area contributed by atoms with Crippen LogP contribution in [0.1, 0.15) is 40.0 Å². The van der Waals surface area contributed by atoms with Gasteiger partial charge in [-0.25, -0.2) is 4.79 Å². The summed E-state index contributed by atoms with van der Waals surface area (Å²) in [4.78, 5) is 24.6. The van der Waals surface area contributed by atoms with Gasteiger partial charge in [-0.05, 0) is 25.0 Å². The third-order valence-corrected chi connectivity index (χ3v) is 5.27. The van der Waals surface area contributed by atoms with E-state index in [-0.39, 0.29) is 36.0 Å². The van der Waals surface area contributed by atoms with Gasteiger partial charge < -0.3 is 14.2 Å². The van der Waals surface area contributed by atoms with Crippen LogP contribution in [0.2, 0.25) is 0 Å². The summed E-state index contributed by atoms with van der Waals surface area (Å²) in [6, 6.07) is 0. The zero-order chi connectivity index (χ0) is 18.1. The number of rotatable bonds is 3. The fourth-order valence-corrected chi connectivity index (χ4v) is 3.61. The normalized spacial score (nSPS) is 35.2. The van der Waals surface area contributed by atoms with Gasteiger partial charge in [0.05, 0.1) is 18.6 Å². The molecule has 5 atom stereocenters. The van der Waals surface area contributed by atoms with Crippen LogP contribution in [0.25, 0.3) is 0 Å². The van der Waals surface area contributed by atoms with Gasteiger partial charge in [-0.3, -0.25) is 4.79 Å². The average Bonchev–Trinajstić information content (AvgIpc) is 3.08. The van der Waals surface area contributed by atoms with Gasteiger partial charge in [-0.15, -0.1) is 0 Å². The van der Waals surface area contributed by atoms with E-state index < -0.39 is 6.10 Å². The average molecular weight is 346 g/mol. The van der Waals surface area contributed by atoms with Crippen LogP contribution in [0.5, 0.6) is 0 Å².